The Balaban J connectivity index is 1.84. The highest BCUT2D eigenvalue weighted by Gasteiger charge is 2.45. The summed E-state index contributed by atoms with van der Waals surface area (Å²) in [5.74, 6) is 1.32. The molecule has 0 saturated heterocycles. The Kier molecular flexibility index (Phi) is 3.84. The first-order valence-electron chi connectivity index (χ1n) is 7.37. The van der Waals surface area contributed by atoms with Crippen molar-refractivity contribution in [2.45, 2.75) is 30.6 Å². The van der Waals surface area contributed by atoms with E-state index in [1.807, 2.05) is 0 Å². The van der Waals surface area contributed by atoms with Crippen molar-refractivity contribution in [1.29, 1.82) is 0 Å². The smallest absolute Gasteiger partial charge is 0.179 e. The van der Waals surface area contributed by atoms with Gasteiger partial charge < -0.3 is 15.2 Å². The van der Waals surface area contributed by atoms with E-state index in [0.717, 1.165) is 25.7 Å². The number of rotatable bonds is 5. The molecule has 1 aromatic carbocycles. The first-order chi connectivity index (χ1) is 10.0. The predicted molar refractivity (Wildman–Crippen MR) is 79.4 cm³/mol. The molecule has 1 aliphatic heterocycles. The summed E-state index contributed by atoms with van der Waals surface area (Å²) < 4.78 is 36.3. The lowest BCUT2D eigenvalue weighted by Gasteiger charge is -2.15. The second-order valence-electron chi connectivity index (χ2n) is 5.96. The van der Waals surface area contributed by atoms with Crippen molar-refractivity contribution in [3.63, 3.8) is 0 Å². The zero-order valence-electron chi connectivity index (χ0n) is 12.0. The minimum Gasteiger partial charge on any atom is -0.490 e. The van der Waals surface area contributed by atoms with E-state index >= 15 is 0 Å². The lowest BCUT2D eigenvalue weighted by molar-refractivity contribution is 0.297. The summed E-state index contributed by atoms with van der Waals surface area (Å²) >= 11 is 0. The Morgan fingerprint density at radius 3 is 2.52 bits per heavy atom. The van der Waals surface area contributed by atoms with E-state index in [4.69, 9.17) is 15.2 Å². The first-order valence-corrected chi connectivity index (χ1v) is 9.02. The van der Waals surface area contributed by atoms with Crippen LogP contribution in [-0.4, -0.2) is 33.9 Å². The van der Waals surface area contributed by atoms with Crippen LogP contribution in [0, 0.1) is 5.41 Å². The van der Waals surface area contributed by atoms with Crippen molar-refractivity contribution in [3.05, 3.63) is 18.2 Å². The van der Waals surface area contributed by atoms with Crippen LogP contribution in [-0.2, 0) is 9.84 Å². The van der Waals surface area contributed by atoms with Gasteiger partial charge in [-0.1, -0.05) is 0 Å². The number of ether oxygens (including phenoxy) is 2. The van der Waals surface area contributed by atoms with Crippen LogP contribution in [0.3, 0.4) is 0 Å². The molecule has 1 aliphatic carbocycles. The molecule has 0 atom stereocenters. The average molecular weight is 311 g/mol. The quantitative estimate of drug-likeness (QED) is 0.896. The fraction of sp³-hybridized carbons (Fsp3) is 0.600. The minimum absolute atomic E-state index is 0.0995. The predicted octanol–water partition coefficient (Wildman–Crippen LogP) is 1.75. The molecule has 2 N–H and O–H groups in total. The van der Waals surface area contributed by atoms with Gasteiger partial charge in [-0.2, -0.15) is 0 Å². The first kappa shape index (κ1) is 14.7. The Hall–Kier alpha value is -1.27. The summed E-state index contributed by atoms with van der Waals surface area (Å²) in [6, 6.07) is 4.89. The third-order valence-corrected chi connectivity index (χ3v) is 6.17. The van der Waals surface area contributed by atoms with E-state index < -0.39 is 9.84 Å². The maximum atomic E-state index is 12.6. The number of sulfone groups is 1. The largest absolute Gasteiger partial charge is 0.490 e. The maximum absolute atomic E-state index is 12.6. The topological polar surface area (TPSA) is 78.6 Å². The van der Waals surface area contributed by atoms with Gasteiger partial charge in [-0.15, -0.1) is 0 Å². The molecule has 0 aromatic heterocycles. The summed E-state index contributed by atoms with van der Waals surface area (Å²) in [4.78, 5) is 0.315. The highest BCUT2D eigenvalue weighted by atomic mass is 32.2. The standard InChI is InChI=1S/C15H21NO4S/c16-7-6-15(4-5-15)11-21(17,18)12-2-3-13-14(10-12)20-9-1-8-19-13/h2-3,10H,1,4-9,11,16H2. The number of nitrogens with two attached hydrogens (primary N) is 1. The van der Waals surface area contributed by atoms with Gasteiger partial charge in [-0.25, -0.2) is 8.42 Å². The highest BCUT2D eigenvalue weighted by molar-refractivity contribution is 7.91. The van der Waals surface area contributed by atoms with Crippen molar-refractivity contribution in [1.82, 2.24) is 0 Å². The van der Waals surface area contributed by atoms with Crippen LogP contribution in [0.15, 0.2) is 23.1 Å². The van der Waals surface area contributed by atoms with Gasteiger partial charge >= 0.3 is 0 Å². The fourth-order valence-electron chi connectivity index (χ4n) is 2.77. The zero-order chi connectivity index (χ0) is 14.9. The minimum atomic E-state index is -3.31. The molecule has 2 aliphatic rings. The molecule has 5 nitrogen and oxygen atoms in total. The van der Waals surface area contributed by atoms with Crippen LogP contribution in [0.25, 0.3) is 0 Å². The SMILES string of the molecule is NCCC1(CS(=O)(=O)c2ccc3c(c2)OCCCO3)CC1. The summed E-state index contributed by atoms with van der Waals surface area (Å²) in [6.45, 7) is 1.68. The van der Waals surface area contributed by atoms with Gasteiger partial charge in [-0.3, -0.25) is 0 Å². The maximum Gasteiger partial charge on any atom is 0.179 e. The monoisotopic (exact) mass is 311 g/mol. The Morgan fingerprint density at radius 1 is 1.14 bits per heavy atom. The van der Waals surface area contributed by atoms with Gasteiger partial charge in [0.1, 0.15) is 0 Å². The molecule has 1 aromatic rings. The third kappa shape index (κ3) is 3.16. The Morgan fingerprint density at radius 2 is 1.86 bits per heavy atom. The van der Waals surface area contributed by atoms with Crippen molar-refractivity contribution < 1.29 is 17.9 Å². The number of fused-ring (bicyclic) bond motifs is 1. The highest BCUT2D eigenvalue weighted by Crippen LogP contribution is 2.50. The molecule has 1 fully saturated rings. The summed E-state index contributed by atoms with van der Waals surface area (Å²) in [6.07, 6.45) is 3.48. The van der Waals surface area contributed by atoms with Crippen LogP contribution in [0.1, 0.15) is 25.7 Å². The van der Waals surface area contributed by atoms with Crippen LogP contribution in [0.4, 0.5) is 0 Å². The summed E-state index contributed by atoms with van der Waals surface area (Å²) in [5, 5.41) is 0. The van der Waals surface area contributed by atoms with Gasteiger partial charge in [0, 0.05) is 12.5 Å². The lowest BCUT2D eigenvalue weighted by Crippen LogP contribution is -2.20. The van der Waals surface area contributed by atoms with Crippen LogP contribution < -0.4 is 15.2 Å². The number of hydrogen-bond donors (Lipinski definition) is 1. The van der Waals surface area contributed by atoms with E-state index in [-0.39, 0.29) is 11.2 Å². The number of hydrogen-bond acceptors (Lipinski definition) is 5. The molecule has 3 rings (SSSR count). The van der Waals surface area contributed by atoms with Crippen molar-refractivity contribution in [2.75, 3.05) is 25.5 Å². The second kappa shape index (κ2) is 5.50. The molecule has 116 valence electrons. The molecule has 0 unspecified atom stereocenters. The normalized spacial score (nSPS) is 19.9. The van der Waals surface area contributed by atoms with E-state index in [1.54, 1.807) is 18.2 Å². The molecular weight excluding hydrogens is 290 g/mol. The third-order valence-electron chi connectivity index (χ3n) is 4.21. The molecule has 0 bridgehead atoms. The average Bonchev–Trinajstić information content (AvgIpc) is 3.21. The molecular formula is C15H21NO4S. The molecule has 0 radical (unpaired) electrons. The molecule has 0 amide bonds. The van der Waals surface area contributed by atoms with E-state index in [1.165, 1.54) is 0 Å². The zero-order valence-corrected chi connectivity index (χ0v) is 12.8. The second-order valence-corrected chi connectivity index (χ2v) is 7.95. The molecule has 1 heterocycles. The number of benzene rings is 1. The van der Waals surface area contributed by atoms with Crippen molar-refractivity contribution in [3.8, 4) is 11.5 Å². The van der Waals surface area contributed by atoms with E-state index in [0.29, 0.717) is 36.2 Å². The fourth-order valence-corrected chi connectivity index (χ4v) is 4.74. The Bertz CT molecular complexity index is 623. The summed E-state index contributed by atoms with van der Waals surface area (Å²) in [5.41, 5.74) is 5.49. The van der Waals surface area contributed by atoms with Crippen molar-refractivity contribution >= 4 is 9.84 Å². The lowest BCUT2D eigenvalue weighted by atomic mass is 10.1. The van der Waals surface area contributed by atoms with Gasteiger partial charge in [-0.05, 0) is 43.4 Å². The molecule has 0 spiro atoms. The van der Waals surface area contributed by atoms with Gasteiger partial charge in [0.15, 0.2) is 21.3 Å². The van der Waals surface area contributed by atoms with Gasteiger partial charge in [0.2, 0.25) is 0 Å². The molecule has 1 saturated carbocycles. The molecule has 6 heteroatoms. The van der Waals surface area contributed by atoms with Crippen molar-refractivity contribution in [2.24, 2.45) is 11.1 Å². The van der Waals surface area contributed by atoms with E-state index in [2.05, 4.69) is 0 Å². The van der Waals surface area contributed by atoms with Crippen LogP contribution in [0.5, 0.6) is 11.5 Å². The summed E-state index contributed by atoms with van der Waals surface area (Å²) in [7, 11) is -3.31. The molecule has 21 heavy (non-hydrogen) atoms. The van der Waals surface area contributed by atoms with Gasteiger partial charge in [0.05, 0.1) is 23.9 Å². The van der Waals surface area contributed by atoms with E-state index in [9.17, 15) is 8.42 Å². The van der Waals surface area contributed by atoms with Crippen LogP contribution >= 0.6 is 0 Å². The Labute approximate surface area is 125 Å². The van der Waals surface area contributed by atoms with Crippen LogP contribution in [0.2, 0.25) is 0 Å². The van der Waals surface area contributed by atoms with Gasteiger partial charge in [0.25, 0.3) is 0 Å².